The monoisotopic (exact) mass is 586 g/mol. The van der Waals surface area contributed by atoms with Crippen molar-refractivity contribution in [1.29, 1.82) is 0 Å². The van der Waals surface area contributed by atoms with Crippen LogP contribution in [0.25, 0.3) is 0 Å². The second-order valence-electron chi connectivity index (χ2n) is 11.8. The number of rotatable bonds is 5. The zero-order valence-corrected chi connectivity index (χ0v) is 26.7. The fourth-order valence-corrected chi connectivity index (χ4v) is 5.85. The van der Waals surface area contributed by atoms with Crippen molar-refractivity contribution in [2.75, 3.05) is 0 Å². The van der Waals surface area contributed by atoms with Crippen molar-refractivity contribution in [1.82, 2.24) is 10.2 Å². The van der Waals surface area contributed by atoms with Crippen molar-refractivity contribution < 1.29 is 9.59 Å². The highest BCUT2D eigenvalue weighted by Gasteiger charge is 2.53. The number of amides is 2. The van der Waals surface area contributed by atoms with E-state index in [2.05, 4.69) is 164 Å². The number of carbonyl (C=O) groups excluding carboxylic acids is 2. The quantitative estimate of drug-likeness (QED) is 0.397. The SMILES string of the molecule is C#CC#CC#CC#CC#CC#CC#CC#CC#CC#CC#CCC(CCC)C1C(=O)N(C2CC(C)(C)NC(C)(C)C2)C(=O)C1C. The summed E-state index contributed by atoms with van der Waals surface area (Å²) in [6, 6.07) is -0.110. The van der Waals surface area contributed by atoms with Gasteiger partial charge in [0.1, 0.15) is 0 Å². The van der Waals surface area contributed by atoms with E-state index in [0.717, 1.165) is 25.7 Å². The van der Waals surface area contributed by atoms with Crippen LogP contribution in [0, 0.1) is 149 Å². The van der Waals surface area contributed by atoms with Crippen LogP contribution >= 0.6 is 0 Å². The van der Waals surface area contributed by atoms with Crippen LogP contribution in [-0.2, 0) is 9.59 Å². The van der Waals surface area contributed by atoms with E-state index in [1.54, 1.807) is 4.90 Å². The first-order chi connectivity index (χ1) is 21.5. The molecule has 3 atom stereocenters. The predicted molar refractivity (Wildman–Crippen MR) is 178 cm³/mol. The third-order valence-electron chi connectivity index (χ3n) is 7.04. The molecule has 2 saturated heterocycles. The molecular weight excluding hydrogens is 552 g/mol. The second kappa shape index (κ2) is 18.0. The number of imide groups is 1. The van der Waals surface area contributed by atoms with Gasteiger partial charge in [0.15, 0.2) is 0 Å². The minimum absolute atomic E-state index is 0.0137. The summed E-state index contributed by atoms with van der Waals surface area (Å²) in [7, 11) is 0. The number of terminal acetylenes is 1. The van der Waals surface area contributed by atoms with Crippen LogP contribution in [0.2, 0.25) is 0 Å². The van der Waals surface area contributed by atoms with Crippen molar-refractivity contribution in [2.24, 2.45) is 17.8 Å². The topological polar surface area (TPSA) is 49.4 Å². The van der Waals surface area contributed by atoms with Gasteiger partial charge in [-0.3, -0.25) is 14.5 Å². The third kappa shape index (κ3) is 12.2. The van der Waals surface area contributed by atoms with Gasteiger partial charge in [-0.1, -0.05) is 26.2 Å². The van der Waals surface area contributed by atoms with E-state index in [-0.39, 0.29) is 46.7 Å². The molecule has 2 rings (SSSR count). The maximum atomic E-state index is 13.7. The van der Waals surface area contributed by atoms with E-state index in [9.17, 15) is 9.59 Å². The zero-order valence-electron chi connectivity index (χ0n) is 26.7. The summed E-state index contributed by atoms with van der Waals surface area (Å²) in [6.07, 6.45) is 8.64. The molecule has 0 aromatic heterocycles. The molecule has 0 aromatic carbocycles. The minimum atomic E-state index is -0.368. The number of likely N-dealkylation sites (tertiary alicyclic amines) is 1. The van der Waals surface area contributed by atoms with Gasteiger partial charge < -0.3 is 5.32 Å². The van der Waals surface area contributed by atoms with Gasteiger partial charge in [0.05, 0.1) is 5.92 Å². The molecule has 4 nitrogen and oxygen atoms in total. The molecule has 2 aliphatic heterocycles. The lowest BCUT2D eigenvalue weighted by atomic mass is 9.78. The Hall–Kier alpha value is -5.74. The fraction of sp³-hybridized carbons (Fsp3) is 0.415. The van der Waals surface area contributed by atoms with E-state index in [4.69, 9.17) is 6.42 Å². The molecular formula is C41H34N2O2. The average molecular weight is 587 g/mol. The van der Waals surface area contributed by atoms with E-state index >= 15 is 0 Å². The second-order valence-corrected chi connectivity index (χ2v) is 11.8. The van der Waals surface area contributed by atoms with Crippen LogP contribution in [0.1, 0.15) is 73.6 Å². The summed E-state index contributed by atoms with van der Waals surface area (Å²) >= 11 is 0. The van der Waals surface area contributed by atoms with Gasteiger partial charge in [-0.2, -0.15) is 0 Å². The Balaban J connectivity index is 1.96. The summed E-state index contributed by atoms with van der Waals surface area (Å²) in [6.45, 7) is 12.5. The molecule has 0 aromatic rings. The van der Waals surface area contributed by atoms with E-state index in [1.807, 2.05) is 6.92 Å². The van der Waals surface area contributed by atoms with Crippen LogP contribution in [0.5, 0.6) is 0 Å². The molecule has 4 heteroatoms. The molecule has 0 spiro atoms. The van der Waals surface area contributed by atoms with Gasteiger partial charge in [-0.25, -0.2) is 0 Å². The average Bonchev–Trinajstić information content (AvgIpc) is 3.18. The lowest BCUT2D eigenvalue weighted by Gasteiger charge is -2.48. The standard InChI is InChI=1S/C41H34N2O2/c1-8-10-11-12-13-14-15-16-17-18-19-20-21-22-23-24-25-26-27-28-29-31-35(30-9-2)37-34(3)38(44)43(39(37)45)36-32-40(4,5)42-41(6,7)33-36/h1,34-37,42H,9,30-33H2,2-7H3. The molecule has 1 N–H and O–H groups in total. The summed E-state index contributed by atoms with van der Waals surface area (Å²) in [5.74, 6) is 52.7. The predicted octanol–water partition coefficient (Wildman–Crippen LogP) is 3.39. The molecule has 0 aliphatic carbocycles. The first kappa shape index (κ1) is 35.5. The van der Waals surface area contributed by atoms with Crippen LogP contribution in [0.3, 0.4) is 0 Å². The lowest BCUT2D eigenvalue weighted by molar-refractivity contribution is -0.144. The number of hydrogen-bond donors (Lipinski definition) is 1. The van der Waals surface area contributed by atoms with E-state index in [0.29, 0.717) is 6.42 Å². The maximum absolute atomic E-state index is 13.7. The summed E-state index contributed by atoms with van der Waals surface area (Å²) in [5.41, 5.74) is -0.332. The normalized spacial score (nSPS) is 18.6. The zero-order chi connectivity index (χ0) is 33.1. The number of carbonyl (C=O) groups is 2. The van der Waals surface area contributed by atoms with Gasteiger partial charge in [-0.05, 0) is 148 Å². The molecule has 3 unspecified atom stereocenters. The van der Waals surface area contributed by atoms with Crippen LogP contribution in [0.15, 0.2) is 0 Å². The lowest BCUT2D eigenvalue weighted by Crippen LogP contribution is -2.63. The molecule has 0 saturated carbocycles. The molecule has 0 bridgehead atoms. The van der Waals surface area contributed by atoms with Crippen molar-refractivity contribution in [2.45, 2.75) is 90.8 Å². The highest BCUT2D eigenvalue weighted by Crippen LogP contribution is 2.41. The van der Waals surface area contributed by atoms with E-state index < -0.39 is 0 Å². The van der Waals surface area contributed by atoms with Crippen molar-refractivity contribution in [3.05, 3.63) is 0 Å². The van der Waals surface area contributed by atoms with Gasteiger partial charge in [-0.15, -0.1) is 6.42 Å². The molecule has 45 heavy (non-hydrogen) atoms. The van der Waals surface area contributed by atoms with Gasteiger partial charge in [0.2, 0.25) is 11.8 Å². The Kier molecular flexibility index (Phi) is 14.2. The first-order valence-corrected chi connectivity index (χ1v) is 14.6. The highest BCUT2D eigenvalue weighted by molar-refractivity contribution is 6.05. The van der Waals surface area contributed by atoms with Crippen molar-refractivity contribution >= 4 is 11.8 Å². The Morgan fingerprint density at radius 2 is 1.11 bits per heavy atom. The number of hydrogen-bond acceptors (Lipinski definition) is 3. The fourth-order valence-electron chi connectivity index (χ4n) is 5.85. The van der Waals surface area contributed by atoms with Crippen LogP contribution in [-0.4, -0.2) is 33.8 Å². The smallest absolute Gasteiger partial charge is 0.233 e. The van der Waals surface area contributed by atoms with E-state index in [1.165, 1.54) is 0 Å². The van der Waals surface area contributed by atoms with Crippen molar-refractivity contribution in [3.8, 4) is 131 Å². The first-order valence-electron chi connectivity index (χ1n) is 14.6. The summed E-state index contributed by atoms with van der Waals surface area (Å²) in [4.78, 5) is 28.7. The Bertz CT molecular complexity index is 1850. The van der Waals surface area contributed by atoms with Gasteiger partial charge >= 0.3 is 0 Å². The maximum Gasteiger partial charge on any atom is 0.233 e. The summed E-state index contributed by atoms with van der Waals surface area (Å²) < 4.78 is 0. The van der Waals surface area contributed by atoms with Crippen molar-refractivity contribution in [3.63, 3.8) is 0 Å². The molecule has 2 fully saturated rings. The number of nitrogens with one attached hydrogen (secondary N) is 1. The Morgan fingerprint density at radius 1 is 0.711 bits per heavy atom. The third-order valence-corrected chi connectivity index (χ3v) is 7.04. The molecule has 220 valence electrons. The largest absolute Gasteiger partial charge is 0.307 e. The summed E-state index contributed by atoms with van der Waals surface area (Å²) in [5, 5.41) is 3.64. The van der Waals surface area contributed by atoms with Crippen LogP contribution < -0.4 is 5.32 Å². The molecule has 0 radical (unpaired) electrons. The molecule has 2 aliphatic rings. The van der Waals surface area contributed by atoms with Crippen LogP contribution in [0.4, 0.5) is 0 Å². The number of piperidine rings is 1. The number of nitrogens with zero attached hydrogens (tertiary/aromatic N) is 1. The Labute approximate surface area is 270 Å². The highest BCUT2D eigenvalue weighted by atomic mass is 16.2. The molecule has 2 amide bonds. The minimum Gasteiger partial charge on any atom is -0.307 e. The Morgan fingerprint density at radius 3 is 1.51 bits per heavy atom. The van der Waals surface area contributed by atoms with Gasteiger partial charge in [0.25, 0.3) is 0 Å². The molecule has 2 heterocycles. The van der Waals surface area contributed by atoms with Gasteiger partial charge in [0, 0.05) is 53.1 Å².